The van der Waals surface area contributed by atoms with Crippen LogP contribution in [0, 0.1) is 0 Å². The highest BCUT2D eigenvalue weighted by molar-refractivity contribution is 5.85. The van der Waals surface area contributed by atoms with Gasteiger partial charge in [-0.2, -0.15) is 0 Å². The van der Waals surface area contributed by atoms with E-state index in [4.69, 9.17) is 10.6 Å². The van der Waals surface area contributed by atoms with E-state index in [0.717, 1.165) is 16.3 Å². The van der Waals surface area contributed by atoms with Gasteiger partial charge in [-0.25, -0.2) is 0 Å². The van der Waals surface area contributed by atoms with E-state index in [1.165, 1.54) is 0 Å². The normalized spacial score (nSPS) is 14.6. The SMILES string of the molecule is CCOC(C)C(NN)c1cncc2ccccc12. The van der Waals surface area contributed by atoms with Gasteiger partial charge in [0.15, 0.2) is 0 Å². The molecule has 0 fully saturated rings. The third-order valence-corrected chi connectivity index (χ3v) is 3.11. The summed E-state index contributed by atoms with van der Waals surface area (Å²) in [6.07, 6.45) is 3.70. The molecule has 0 spiro atoms. The second-order valence-electron chi connectivity index (χ2n) is 4.25. The third kappa shape index (κ3) is 2.51. The first kappa shape index (κ1) is 13.0. The minimum absolute atomic E-state index is 0.00685. The van der Waals surface area contributed by atoms with Gasteiger partial charge in [0.1, 0.15) is 0 Å². The molecule has 0 aliphatic heterocycles. The maximum atomic E-state index is 5.67. The molecular formula is C14H19N3O. The Morgan fingerprint density at radius 2 is 2.11 bits per heavy atom. The summed E-state index contributed by atoms with van der Waals surface area (Å²) < 4.78 is 5.63. The van der Waals surface area contributed by atoms with Crippen LogP contribution in [-0.2, 0) is 4.74 Å². The van der Waals surface area contributed by atoms with Crippen molar-refractivity contribution in [3.63, 3.8) is 0 Å². The van der Waals surface area contributed by atoms with Gasteiger partial charge >= 0.3 is 0 Å². The Labute approximate surface area is 107 Å². The van der Waals surface area contributed by atoms with Crippen molar-refractivity contribution in [1.29, 1.82) is 0 Å². The van der Waals surface area contributed by atoms with Crippen LogP contribution in [0.5, 0.6) is 0 Å². The van der Waals surface area contributed by atoms with Crippen LogP contribution in [0.3, 0.4) is 0 Å². The molecule has 0 aliphatic carbocycles. The molecule has 2 aromatic rings. The van der Waals surface area contributed by atoms with Crippen molar-refractivity contribution in [3.05, 3.63) is 42.2 Å². The summed E-state index contributed by atoms with van der Waals surface area (Å²) in [7, 11) is 0. The van der Waals surface area contributed by atoms with Crippen molar-refractivity contribution in [2.45, 2.75) is 26.0 Å². The van der Waals surface area contributed by atoms with Crippen LogP contribution in [-0.4, -0.2) is 17.7 Å². The summed E-state index contributed by atoms with van der Waals surface area (Å²) in [6, 6.07) is 8.08. The summed E-state index contributed by atoms with van der Waals surface area (Å²) in [5.41, 5.74) is 3.90. The van der Waals surface area contributed by atoms with Crippen LogP contribution in [0.2, 0.25) is 0 Å². The summed E-state index contributed by atoms with van der Waals surface area (Å²) in [5.74, 6) is 5.67. The molecule has 0 saturated carbocycles. The van der Waals surface area contributed by atoms with Crippen LogP contribution in [0.15, 0.2) is 36.7 Å². The fraction of sp³-hybridized carbons (Fsp3) is 0.357. The van der Waals surface area contributed by atoms with E-state index >= 15 is 0 Å². The lowest BCUT2D eigenvalue weighted by Crippen LogP contribution is -2.36. The molecule has 1 heterocycles. The molecule has 3 N–H and O–H groups in total. The first-order valence-corrected chi connectivity index (χ1v) is 6.18. The van der Waals surface area contributed by atoms with Gasteiger partial charge in [-0.1, -0.05) is 24.3 Å². The largest absolute Gasteiger partial charge is 0.377 e. The van der Waals surface area contributed by atoms with Gasteiger partial charge < -0.3 is 4.74 Å². The van der Waals surface area contributed by atoms with Crippen LogP contribution in [0.1, 0.15) is 25.5 Å². The zero-order valence-electron chi connectivity index (χ0n) is 10.8. The number of aromatic nitrogens is 1. The molecule has 0 bridgehead atoms. The predicted octanol–water partition coefficient (Wildman–Crippen LogP) is 2.16. The standard InChI is InChI=1S/C14H19N3O/c1-3-18-10(2)14(17-15)13-9-16-8-11-6-4-5-7-12(11)13/h4-10,14,17H,3,15H2,1-2H3. The van der Waals surface area contributed by atoms with Gasteiger partial charge in [0, 0.05) is 24.4 Å². The molecule has 1 aromatic heterocycles. The molecule has 4 heteroatoms. The maximum Gasteiger partial charge on any atom is 0.0755 e. The van der Waals surface area contributed by atoms with Crippen molar-refractivity contribution in [2.75, 3.05) is 6.61 Å². The molecule has 0 aliphatic rings. The van der Waals surface area contributed by atoms with Gasteiger partial charge in [0.05, 0.1) is 12.1 Å². The molecule has 0 saturated heterocycles. The van der Waals surface area contributed by atoms with E-state index in [1.54, 1.807) is 0 Å². The molecule has 0 amide bonds. The second kappa shape index (κ2) is 5.91. The van der Waals surface area contributed by atoms with E-state index < -0.39 is 0 Å². The fourth-order valence-electron chi connectivity index (χ4n) is 2.22. The highest BCUT2D eigenvalue weighted by atomic mass is 16.5. The smallest absolute Gasteiger partial charge is 0.0755 e. The molecule has 4 nitrogen and oxygen atoms in total. The highest BCUT2D eigenvalue weighted by Crippen LogP contribution is 2.25. The number of pyridine rings is 1. The van der Waals surface area contributed by atoms with Crippen LogP contribution in [0.4, 0.5) is 0 Å². The van der Waals surface area contributed by atoms with Crippen molar-refractivity contribution < 1.29 is 4.74 Å². The average molecular weight is 245 g/mol. The zero-order valence-corrected chi connectivity index (χ0v) is 10.8. The van der Waals surface area contributed by atoms with Gasteiger partial charge in [-0.15, -0.1) is 0 Å². The van der Waals surface area contributed by atoms with Gasteiger partial charge in [0.2, 0.25) is 0 Å². The minimum Gasteiger partial charge on any atom is -0.377 e. The number of nitrogens with two attached hydrogens (primary N) is 1. The Hall–Kier alpha value is -1.49. The number of hydrogen-bond acceptors (Lipinski definition) is 4. The number of benzene rings is 1. The Morgan fingerprint density at radius 1 is 1.33 bits per heavy atom. The molecule has 18 heavy (non-hydrogen) atoms. The van der Waals surface area contributed by atoms with E-state index in [9.17, 15) is 0 Å². The second-order valence-corrected chi connectivity index (χ2v) is 4.25. The number of hydrazine groups is 1. The zero-order chi connectivity index (χ0) is 13.0. The molecule has 2 atom stereocenters. The van der Waals surface area contributed by atoms with E-state index in [-0.39, 0.29) is 12.1 Å². The number of hydrogen-bond donors (Lipinski definition) is 2. The monoisotopic (exact) mass is 245 g/mol. The van der Waals surface area contributed by atoms with Crippen LogP contribution >= 0.6 is 0 Å². The minimum atomic E-state index is -0.0662. The first-order valence-electron chi connectivity index (χ1n) is 6.18. The van der Waals surface area contributed by atoms with Crippen molar-refractivity contribution in [1.82, 2.24) is 10.4 Å². The number of nitrogens with zero attached hydrogens (tertiary/aromatic N) is 1. The molecule has 1 aromatic carbocycles. The molecular weight excluding hydrogens is 226 g/mol. The Balaban J connectivity index is 2.44. The summed E-state index contributed by atoms with van der Waals surface area (Å²) in [6.45, 7) is 4.65. The van der Waals surface area contributed by atoms with E-state index in [1.807, 2.05) is 44.4 Å². The lowest BCUT2D eigenvalue weighted by Gasteiger charge is -2.24. The third-order valence-electron chi connectivity index (χ3n) is 3.11. The van der Waals surface area contributed by atoms with Crippen molar-refractivity contribution in [2.24, 2.45) is 5.84 Å². The van der Waals surface area contributed by atoms with Gasteiger partial charge in [-0.3, -0.25) is 16.3 Å². The van der Waals surface area contributed by atoms with E-state index in [0.29, 0.717) is 6.61 Å². The van der Waals surface area contributed by atoms with Gasteiger partial charge in [-0.05, 0) is 24.8 Å². The Kier molecular flexibility index (Phi) is 4.25. The Bertz CT molecular complexity index is 510. The van der Waals surface area contributed by atoms with Gasteiger partial charge in [0.25, 0.3) is 0 Å². The summed E-state index contributed by atoms with van der Waals surface area (Å²) in [5, 5.41) is 2.26. The quantitative estimate of drug-likeness (QED) is 0.626. The molecule has 96 valence electrons. The maximum absolute atomic E-state index is 5.67. The lowest BCUT2D eigenvalue weighted by atomic mass is 9.99. The number of nitrogens with one attached hydrogen (secondary N) is 1. The fourth-order valence-corrected chi connectivity index (χ4v) is 2.22. The first-order chi connectivity index (χ1) is 8.77. The molecule has 2 rings (SSSR count). The van der Waals surface area contributed by atoms with E-state index in [2.05, 4.69) is 16.5 Å². The number of ether oxygens (including phenoxy) is 1. The average Bonchev–Trinajstić information content (AvgIpc) is 2.40. The summed E-state index contributed by atoms with van der Waals surface area (Å²) >= 11 is 0. The highest BCUT2D eigenvalue weighted by Gasteiger charge is 2.20. The van der Waals surface area contributed by atoms with Crippen molar-refractivity contribution >= 4 is 10.8 Å². The predicted molar refractivity (Wildman–Crippen MR) is 72.9 cm³/mol. The van der Waals surface area contributed by atoms with Crippen LogP contribution in [0.25, 0.3) is 10.8 Å². The summed E-state index contributed by atoms with van der Waals surface area (Å²) in [4.78, 5) is 4.27. The Morgan fingerprint density at radius 3 is 2.83 bits per heavy atom. The molecule has 0 radical (unpaired) electrons. The molecule has 2 unspecified atom stereocenters. The lowest BCUT2D eigenvalue weighted by molar-refractivity contribution is 0.0475. The van der Waals surface area contributed by atoms with Crippen molar-refractivity contribution in [3.8, 4) is 0 Å². The topological polar surface area (TPSA) is 60.2 Å². The number of rotatable bonds is 5. The number of fused-ring (bicyclic) bond motifs is 1. The van der Waals surface area contributed by atoms with Crippen LogP contribution < -0.4 is 11.3 Å².